The summed E-state index contributed by atoms with van der Waals surface area (Å²) in [6.45, 7) is 0. The van der Waals surface area contributed by atoms with E-state index in [1.54, 1.807) is 18.2 Å². The Morgan fingerprint density at radius 3 is 1.53 bits per heavy atom. The zero-order valence-electron chi connectivity index (χ0n) is 42.0. The van der Waals surface area contributed by atoms with E-state index in [1.165, 1.54) is 0 Å². The molecule has 0 saturated carbocycles. The Bertz CT molecular complexity index is 3740. The number of fused-ring (bicyclic) bond motifs is 9. The second-order valence-corrected chi connectivity index (χ2v) is 11.7. The van der Waals surface area contributed by atoms with Crippen LogP contribution in [0.25, 0.3) is 100.0 Å². The van der Waals surface area contributed by atoms with Crippen molar-refractivity contribution in [3.05, 3.63) is 163 Å². The number of hydrogen-bond acceptors (Lipinski definition) is 4. The van der Waals surface area contributed by atoms with Crippen LogP contribution in [-0.4, -0.2) is 24.1 Å². The van der Waals surface area contributed by atoms with Crippen LogP contribution in [0.15, 0.2) is 168 Å². The van der Waals surface area contributed by atoms with Gasteiger partial charge in [-0.05, 0) is 41.9 Å². The molecule has 0 N–H and O–H groups in total. The lowest BCUT2D eigenvalue weighted by Gasteiger charge is -2.12. The molecule has 238 valence electrons. The molecule has 51 heavy (non-hydrogen) atoms. The molecule has 0 aliphatic rings. The Kier molecular flexibility index (Phi) is 3.48. The molecule has 0 amide bonds. The predicted octanol–water partition coefficient (Wildman–Crippen LogP) is 11.3. The van der Waals surface area contributed by atoms with E-state index < -0.39 is 109 Å². The predicted molar refractivity (Wildman–Crippen MR) is 207 cm³/mol. The van der Waals surface area contributed by atoms with Crippen molar-refractivity contribution in [3.63, 3.8) is 0 Å². The number of hydrogen-bond donors (Lipinski definition) is 0. The van der Waals surface area contributed by atoms with Gasteiger partial charge in [-0.15, -0.1) is 0 Å². The van der Waals surface area contributed by atoms with Gasteiger partial charge in [-0.2, -0.15) is 15.0 Å². The van der Waals surface area contributed by atoms with Gasteiger partial charge in [0.2, 0.25) is 11.9 Å². The fourth-order valence-electron chi connectivity index (χ4n) is 6.71. The normalized spacial score (nSPS) is 16.3. The van der Waals surface area contributed by atoms with Crippen molar-refractivity contribution in [1.82, 2.24) is 24.1 Å². The smallest absolute Gasteiger partial charge is 0.240 e. The van der Waals surface area contributed by atoms with Crippen molar-refractivity contribution >= 4 is 65.6 Å². The highest BCUT2D eigenvalue weighted by Crippen LogP contribution is 2.38. The molecule has 0 unspecified atom stereocenters. The third-order valence-corrected chi connectivity index (χ3v) is 8.92. The molecular weight excluding hydrogens is 627 g/mol. The summed E-state index contributed by atoms with van der Waals surface area (Å²) in [6.07, 6.45) is 0. The molecule has 0 aliphatic heterocycles. The monoisotopic (exact) mass is 669 g/mol. The lowest BCUT2D eigenvalue weighted by molar-refractivity contribution is 0.670. The van der Waals surface area contributed by atoms with Gasteiger partial charge in [0, 0.05) is 43.4 Å². The van der Waals surface area contributed by atoms with Crippen molar-refractivity contribution in [3.8, 4) is 34.4 Å². The summed E-state index contributed by atoms with van der Waals surface area (Å²) in [7, 11) is 0. The number of nitrogens with zero attached hydrogens (tertiary/aromatic N) is 5. The minimum atomic E-state index is -0.703. The quantitative estimate of drug-likeness (QED) is 0.187. The molecule has 0 bridgehead atoms. The van der Waals surface area contributed by atoms with Gasteiger partial charge in [0.15, 0.2) is 5.82 Å². The van der Waals surface area contributed by atoms with Crippen molar-refractivity contribution in [1.29, 1.82) is 0 Å². The average Bonchev–Trinajstić information content (AvgIpc) is 4.02. The molecule has 4 heterocycles. The zero-order chi connectivity index (χ0) is 47.4. The van der Waals surface area contributed by atoms with Gasteiger partial charge < -0.3 is 4.42 Å². The summed E-state index contributed by atoms with van der Waals surface area (Å²) in [5.41, 5.74) is 1.63. The molecule has 0 radical (unpaired) electrons. The van der Waals surface area contributed by atoms with Gasteiger partial charge in [-0.3, -0.25) is 9.13 Å². The van der Waals surface area contributed by atoms with Gasteiger partial charge in [0.25, 0.3) is 0 Å². The molecular formula is C45H27N5O. The molecule has 0 atom stereocenters. The highest BCUT2D eigenvalue weighted by molar-refractivity contribution is 6.11. The largest absolute Gasteiger partial charge is 0.455 e. The number of rotatable bonds is 4. The van der Waals surface area contributed by atoms with Crippen molar-refractivity contribution in [2.24, 2.45) is 0 Å². The second kappa shape index (κ2) is 10.7. The van der Waals surface area contributed by atoms with Crippen LogP contribution < -0.4 is 0 Å². The number of aromatic nitrogens is 5. The molecule has 11 rings (SSSR count). The van der Waals surface area contributed by atoms with Gasteiger partial charge in [-0.25, -0.2) is 0 Å². The third-order valence-electron chi connectivity index (χ3n) is 8.92. The Balaban J connectivity index is 1.33. The fraction of sp³-hybridized carbons (Fsp3) is 0. The van der Waals surface area contributed by atoms with Crippen molar-refractivity contribution in [2.75, 3.05) is 0 Å². The Morgan fingerprint density at radius 1 is 0.451 bits per heavy atom. The number of para-hydroxylation sites is 5. The lowest BCUT2D eigenvalue weighted by atomic mass is 10.0. The van der Waals surface area contributed by atoms with Crippen LogP contribution in [-0.2, 0) is 0 Å². The van der Waals surface area contributed by atoms with E-state index in [1.807, 2.05) is 48.5 Å². The molecule has 0 aliphatic carbocycles. The number of furan rings is 1. The summed E-state index contributed by atoms with van der Waals surface area (Å²) in [4.78, 5) is 14.4. The summed E-state index contributed by atoms with van der Waals surface area (Å²) in [5.74, 6) is -1.15. The molecule has 11 aromatic rings. The van der Waals surface area contributed by atoms with Crippen LogP contribution in [0.4, 0.5) is 0 Å². The highest BCUT2D eigenvalue weighted by Gasteiger charge is 2.21. The van der Waals surface area contributed by atoms with Crippen LogP contribution in [0.2, 0.25) is 0 Å². The molecule has 4 aromatic heterocycles. The Morgan fingerprint density at radius 2 is 0.980 bits per heavy atom. The molecule has 0 spiro atoms. The zero-order valence-corrected chi connectivity index (χ0v) is 26.0. The molecule has 7 aromatic carbocycles. The van der Waals surface area contributed by atoms with E-state index in [9.17, 15) is 0 Å². The summed E-state index contributed by atoms with van der Waals surface area (Å²) >= 11 is 0. The maximum absolute atomic E-state index is 9.15. The maximum atomic E-state index is 9.15. The van der Waals surface area contributed by atoms with Gasteiger partial charge in [-0.1, -0.05) is 127 Å². The molecule has 0 fully saturated rings. The van der Waals surface area contributed by atoms with Crippen LogP contribution in [0.5, 0.6) is 0 Å². The van der Waals surface area contributed by atoms with E-state index in [2.05, 4.69) is 0 Å². The lowest BCUT2D eigenvalue weighted by Crippen LogP contribution is -2.10. The topological polar surface area (TPSA) is 61.7 Å². The summed E-state index contributed by atoms with van der Waals surface area (Å²) in [5, 5.41) is 0.435. The van der Waals surface area contributed by atoms with Crippen LogP contribution in [0.1, 0.15) is 21.9 Å². The minimum Gasteiger partial charge on any atom is -0.455 e. The van der Waals surface area contributed by atoms with Gasteiger partial charge in [0.05, 0.1) is 44.0 Å². The first kappa shape index (κ1) is 16.6. The van der Waals surface area contributed by atoms with E-state index in [0.717, 1.165) is 31.0 Å². The minimum absolute atomic E-state index is 0.181. The summed E-state index contributed by atoms with van der Waals surface area (Å²) in [6, 6.07) is 9.89. The standard InChI is InChI=1S/C45H27N5O/c1-2-13-28(14-3-1)30-19-12-20-36-35-26-25-29(27-41(35)51-42(30)36)43-46-44(49-37-21-8-4-15-31(37)32-16-5-9-22-38(32)49)48-45(47-43)50-39-23-10-6-17-33(39)34-18-7-11-24-40(34)50/h1-27H/i4D,5D,6D,7D,8D,9D,10D,11D,15D,16D,17D,18D,21D,22D,23D,24D. The molecule has 0 saturated heterocycles. The Hall–Kier alpha value is -7.05. The molecule has 6 heteroatoms. The average molecular weight is 670 g/mol. The Labute approximate surface area is 314 Å². The second-order valence-electron chi connectivity index (χ2n) is 11.7. The first-order chi connectivity index (χ1) is 31.9. The SMILES string of the molecule is [2H]c1c([2H])c([2H])c2c(c1[2H])c1c([2H])c([2H])c([2H])c([2H])c1n2-c1nc(-c2ccc3c(c2)oc2c(-c4ccccc4)cccc23)nc(-n2c3c([2H])c([2H])c([2H])c([2H])c3c3c([2H])c([2H])c([2H])c([2H])c32)n1. The third kappa shape index (κ3) is 4.14. The maximum Gasteiger partial charge on any atom is 0.240 e. The molecule has 6 nitrogen and oxygen atoms in total. The van der Waals surface area contributed by atoms with Crippen molar-refractivity contribution < 1.29 is 26.3 Å². The van der Waals surface area contributed by atoms with E-state index >= 15 is 0 Å². The van der Waals surface area contributed by atoms with E-state index in [4.69, 9.17) is 41.3 Å². The highest BCUT2D eigenvalue weighted by atomic mass is 16.3. The first-order valence-corrected chi connectivity index (χ1v) is 15.7. The fourth-order valence-corrected chi connectivity index (χ4v) is 6.71. The van der Waals surface area contributed by atoms with Crippen LogP contribution >= 0.6 is 0 Å². The summed E-state index contributed by atoms with van der Waals surface area (Å²) < 4.78 is 150. The van der Waals surface area contributed by atoms with Gasteiger partial charge >= 0.3 is 0 Å². The van der Waals surface area contributed by atoms with E-state index in [-0.39, 0.29) is 55.0 Å². The van der Waals surface area contributed by atoms with Crippen LogP contribution in [0, 0.1) is 0 Å². The first-order valence-electron chi connectivity index (χ1n) is 23.7. The number of benzene rings is 7. The van der Waals surface area contributed by atoms with Crippen molar-refractivity contribution in [2.45, 2.75) is 0 Å². The van der Waals surface area contributed by atoms with Gasteiger partial charge in [0.1, 0.15) is 11.2 Å². The van der Waals surface area contributed by atoms with E-state index in [0.29, 0.717) is 11.2 Å². The van der Waals surface area contributed by atoms with Crippen LogP contribution in [0.3, 0.4) is 0 Å².